The normalized spacial score (nSPS) is 15.6. The van der Waals surface area contributed by atoms with Crippen molar-refractivity contribution in [2.24, 2.45) is 5.92 Å². The molecule has 1 heterocycles. The van der Waals surface area contributed by atoms with Gasteiger partial charge in [0.2, 0.25) is 0 Å². The van der Waals surface area contributed by atoms with Crippen molar-refractivity contribution in [1.29, 1.82) is 0 Å². The van der Waals surface area contributed by atoms with Gasteiger partial charge in [-0.2, -0.15) is 0 Å². The van der Waals surface area contributed by atoms with Crippen molar-refractivity contribution in [2.75, 3.05) is 19.7 Å². The number of rotatable bonds is 5. The monoisotopic (exact) mass is 303 g/mol. The first kappa shape index (κ1) is 16.5. The van der Waals surface area contributed by atoms with Crippen LogP contribution in [0.25, 0.3) is 0 Å². The lowest BCUT2D eigenvalue weighted by Crippen LogP contribution is -2.40. The lowest BCUT2D eigenvalue weighted by atomic mass is 9.96. The van der Waals surface area contributed by atoms with Gasteiger partial charge >= 0.3 is 5.97 Å². The predicted octanol–water partition coefficient (Wildman–Crippen LogP) is 3.05. The number of hydrogen-bond donors (Lipinski definition) is 0. The Morgan fingerprint density at radius 1 is 1.14 bits per heavy atom. The van der Waals surface area contributed by atoms with Crippen LogP contribution in [0, 0.1) is 5.92 Å². The quantitative estimate of drug-likeness (QED) is 0.785. The van der Waals surface area contributed by atoms with E-state index in [4.69, 9.17) is 4.74 Å². The summed E-state index contributed by atoms with van der Waals surface area (Å²) in [6, 6.07) is 7.79. The van der Waals surface area contributed by atoms with Crippen LogP contribution in [0.3, 0.4) is 0 Å². The number of aryl methyl sites for hydroxylation is 1. The van der Waals surface area contributed by atoms with E-state index < -0.39 is 0 Å². The molecule has 22 heavy (non-hydrogen) atoms. The maximum atomic E-state index is 12.5. The maximum Gasteiger partial charge on any atom is 0.309 e. The van der Waals surface area contributed by atoms with E-state index in [2.05, 4.69) is 6.92 Å². The fourth-order valence-corrected chi connectivity index (χ4v) is 2.70. The fourth-order valence-electron chi connectivity index (χ4n) is 2.70. The molecule has 0 unspecified atom stereocenters. The van der Waals surface area contributed by atoms with E-state index in [9.17, 15) is 9.59 Å². The van der Waals surface area contributed by atoms with Crippen LogP contribution in [0.1, 0.15) is 49.0 Å². The highest BCUT2D eigenvalue weighted by molar-refractivity contribution is 5.94. The van der Waals surface area contributed by atoms with E-state index in [1.807, 2.05) is 36.1 Å². The molecule has 0 radical (unpaired) electrons. The van der Waals surface area contributed by atoms with Gasteiger partial charge in [0.05, 0.1) is 12.5 Å². The average molecular weight is 303 g/mol. The van der Waals surface area contributed by atoms with Gasteiger partial charge in [-0.05, 0) is 43.4 Å². The lowest BCUT2D eigenvalue weighted by Gasteiger charge is -2.31. The molecule has 0 aromatic heterocycles. The first-order chi connectivity index (χ1) is 10.7. The molecule has 1 aromatic carbocycles. The summed E-state index contributed by atoms with van der Waals surface area (Å²) in [4.78, 5) is 26.1. The van der Waals surface area contributed by atoms with Crippen molar-refractivity contribution < 1.29 is 14.3 Å². The Morgan fingerprint density at radius 3 is 2.32 bits per heavy atom. The van der Waals surface area contributed by atoms with Gasteiger partial charge in [-0.25, -0.2) is 0 Å². The number of hydrogen-bond acceptors (Lipinski definition) is 3. The second kappa shape index (κ2) is 7.97. The molecule has 1 aliphatic heterocycles. The van der Waals surface area contributed by atoms with Gasteiger partial charge < -0.3 is 9.64 Å². The van der Waals surface area contributed by atoms with Gasteiger partial charge in [-0.3, -0.25) is 9.59 Å². The summed E-state index contributed by atoms with van der Waals surface area (Å²) in [6.45, 7) is 5.82. The first-order valence-corrected chi connectivity index (χ1v) is 8.20. The Hall–Kier alpha value is -1.84. The molecule has 0 saturated carbocycles. The molecule has 4 heteroatoms. The van der Waals surface area contributed by atoms with Gasteiger partial charge in [-0.1, -0.05) is 26.0 Å². The van der Waals surface area contributed by atoms with Crippen LogP contribution >= 0.6 is 0 Å². The van der Waals surface area contributed by atoms with Crippen molar-refractivity contribution in [3.05, 3.63) is 35.4 Å². The third-order valence-corrected chi connectivity index (χ3v) is 4.17. The molecule has 1 amide bonds. The number of piperidine rings is 1. The molecule has 0 N–H and O–H groups in total. The Labute approximate surface area is 132 Å². The van der Waals surface area contributed by atoms with Crippen molar-refractivity contribution in [2.45, 2.75) is 39.5 Å². The van der Waals surface area contributed by atoms with Crippen LogP contribution in [-0.4, -0.2) is 36.5 Å². The van der Waals surface area contributed by atoms with E-state index in [1.165, 1.54) is 5.56 Å². The topological polar surface area (TPSA) is 46.6 Å². The van der Waals surface area contributed by atoms with Crippen LogP contribution in [0.5, 0.6) is 0 Å². The number of carbonyl (C=O) groups is 2. The number of nitrogens with zero attached hydrogens (tertiary/aromatic N) is 1. The molecule has 1 aliphatic rings. The molecule has 0 aliphatic carbocycles. The summed E-state index contributed by atoms with van der Waals surface area (Å²) >= 11 is 0. The maximum absolute atomic E-state index is 12.5. The van der Waals surface area contributed by atoms with Gasteiger partial charge in [0.1, 0.15) is 0 Å². The molecule has 1 aromatic rings. The zero-order valence-electron chi connectivity index (χ0n) is 13.5. The van der Waals surface area contributed by atoms with Crippen molar-refractivity contribution in [3.8, 4) is 0 Å². The first-order valence-electron chi connectivity index (χ1n) is 8.20. The van der Waals surface area contributed by atoms with Crippen molar-refractivity contribution in [3.63, 3.8) is 0 Å². The third-order valence-electron chi connectivity index (χ3n) is 4.17. The van der Waals surface area contributed by atoms with Gasteiger partial charge in [0, 0.05) is 18.7 Å². The number of likely N-dealkylation sites (tertiary alicyclic amines) is 1. The molecule has 0 atom stereocenters. The lowest BCUT2D eigenvalue weighted by molar-refractivity contribution is -0.150. The molecule has 4 nitrogen and oxygen atoms in total. The zero-order chi connectivity index (χ0) is 15.9. The minimum atomic E-state index is -0.110. The van der Waals surface area contributed by atoms with Crippen LogP contribution < -0.4 is 0 Å². The molecule has 0 bridgehead atoms. The Morgan fingerprint density at radius 2 is 1.77 bits per heavy atom. The largest absolute Gasteiger partial charge is 0.465 e. The Balaban J connectivity index is 1.87. The predicted molar refractivity (Wildman–Crippen MR) is 85.7 cm³/mol. The second-order valence-electron chi connectivity index (χ2n) is 5.78. The van der Waals surface area contributed by atoms with Gasteiger partial charge in [0.15, 0.2) is 0 Å². The highest BCUT2D eigenvalue weighted by atomic mass is 16.5. The van der Waals surface area contributed by atoms with E-state index in [-0.39, 0.29) is 17.8 Å². The minimum Gasteiger partial charge on any atom is -0.465 e. The summed E-state index contributed by atoms with van der Waals surface area (Å²) in [6.07, 6.45) is 3.21. The highest BCUT2D eigenvalue weighted by Crippen LogP contribution is 2.20. The van der Waals surface area contributed by atoms with Crippen molar-refractivity contribution in [1.82, 2.24) is 4.90 Å². The number of carbonyl (C=O) groups excluding carboxylic acids is 2. The summed E-state index contributed by atoms with van der Waals surface area (Å²) in [5, 5.41) is 0. The molecule has 1 saturated heterocycles. The van der Waals surface area contributed by atoms with Gasteiger partial charge in [-0.15, -0.1) is 0 Å². The van der Waals surface area contributed by atoms with E-state index in [0.717, 1.165) is 18.4 Å². The zero-order valence-corrected chi connectivity index (χ0v) is 13.5. The van der Waals surface area contributed by atoms with Crippen LogP contribution in [-0.2, 0) is 16.0 Å². The molecular formula is C18H25NO3. The number of amides is 1. The van der Waals surface area contributed by atoms with Crippen LogP contribution in [0.15, 0.2) is 24.3 Å². The Bertz CT molecular complexity index is 502. The summed E-state index contributed by atoms with van der Waals surface area (Å²) in [5.74, 6) is -0.109. The third kappa shape index (κ3) is 4.09. The molecule has 120 valence electrons. The van der Waals surface area contributed by atoms with Crippen LogP contribution in [0.2, 0.25) is 0 Å². The number of esters is 1. The molecule has 2 rings (SSSR count). The SMILES string of the molecule is CCCOC(=O)C1CCN(C(=O)c2ccc(CC)cc2)CC1. The fraction of sp³-hybridized carbons (Fsp3) is 0.556. The van der Waals surface area contributed by atoms with E-state index >= 15 is 0 Å². The number of ether oxygens (including phenoxy) is 1. The average Bonchev–Trinajstić information content (AvgIpc) is 2.59. The molecular weight excluding hydrogens is 278 g/mol. The minimum absolute atomic E-state index is 0.0573. The molecule has 0 spiro atoms. The second-order valence-corrected chi connectivity index (χ2v) is 5.78. The standard InChI is InChI=1S/C18H25NO3/c1-3-13-22-18(21)16-9-11-19(12-10-16)17(20)15-7-5-14(4-2)6-8-15/h5-8,16H,3-4,9-13H2,1-2H3. The Kier molecular flexibility index (Phi) is 5.99. The van der Waals surface area contributed by atoms with Crippen molar-refractivity contribution >= 4 is 11.9 Å². The smallest absolute Gasteiger partial charge is 0.309 e. The summed E-state index contributed by atoms with van der Waals surface area (Å²) in [7, 11) is 0. The number of benzene rings is 1. The van der Waals surface area contributed by atoms with Crippen LogP contribution in [0.4, 0.5) is 0 Å². The highest BCUT2D eigenvalue weighted by Gasteiger charge is 2.28. The van der Waals surface area contributed by atoms with Gasteiger partial charge in [0.25, 0.3) is 5.91 Å². The summed E-state index contributed by atoms with van der Waals surface area (Å²) in [5.41, 5.74) is 1.96. The molecule has 1 fully saturated rings. The summed E-state index contributed by atoms with van der Waals surface area (Å²) < 4.78 is 5.19. The van der Waals surface area contributed by atoms with E-state index in [1.54, 1.807) is 0 Å². The van der Waals surface area contributed by atoms with E-state index in [0.29, 0.717) is 32.5 Å².